The number of benzene rings is 1. The number of rotatable bonds is 2. The molecule has 0 bridgehead atoms. The summed E-state index contributed by atoms with van der Waals surface area (Å²) < 4.78 is 53.0. The van der Waals surface area contributed by atoms with Crippen molar-refractivity contribution in [3.63, 3.8) is 0 Å². The molecule has 2 aromatic rings. The van der Waals surface area contributed by atoms with Crippen LogP contribution in [0.4, 0.5) is 29.2 Å². The molecule has 102 valence electrons. The van der Waals surface area contributed by atoms with E-state index in [0.717, 1.165) is 12.1 Å². The second kappa shape index (κ2) is 4.52. The lowest BCUT2D eigenvalue weighted by atomic mass is 10.1. The molecule has 0 aliphatic carbocycles. The second-order valence-electron chi connectivity index (χ2n) is 3.89. The molecule has 0 aliphatic heterocycles. The van der Waals surface area contributed by atoms with Crippen LogP contribution in [0.25, 0.3) is 0 Å². The van der Waals surface area contributed by atoms with E-state index in [9.17, 15) is 17.6 Å². The van der Waals surface area contributed by atoms with Crippen molar-refractivity contribution >= 4 is 11.6 Å². The van der Waals surface area contributed by atoms with Gasteiger partial charge in [0.05, 0.1) is 5.69 Å². The summed E-state index contributed by atoms with van der Waals surface area (Å²) in [6, 6.07) is 3.09. The Kier molecular flexibility index (Phi) is 3.17. The lowest BCUT2D eigenvalue weighted by molar-refractivity contribution is -0.139. The minimum atomic E-state index is -4.79. The number of hydrogen-bond acceptors (Lipinski definition) is 3. The Morgan fingerprint density at radius 2 is 1.95 bits per heavy atom. The van der Waals surface area contributed by atoms with Crippen LogP contribution in [0.5, 0.6) is 0 Å². The molecule has 4 nitrogen and oxygen atoms in total. The maximum absolute atomic E-state index is 13.4. The third-order valence-electron chi connectivity index (χ3n) is 2.41. The average molecular weight is 274 g/mol. The van der Waals surface area contributed by atoms with E-state index in [-0.39, 0.29) is 5.95 Å². The Labute approximate surface area is 106 Å². The van der Waals surface area contributed by atoms with Gasteiger partial charge in [-0.2, -0.15) is 23.3 Å². The summed E-state index contributed by atoms with van der Waals surface area (Å²) >= 11 is 0. The number of alkyl halides is 3. The van der Waals surface area contributed by atoms with Gasteiger partial charge in [-0.05, 0) is 19.1 Å². The Morgan fingerprint density at radius 1 is 1.26 bits per heavy atom. The van der Waals surface area contributed by atoms with Gasteiger partial charge in [-0.25, -0.2) is 9.07 Å². The van der Waals surface area contributed by atoms with E-state index in [4.69, 9.17) is 0 Å². The van der Waals surface area contributed by atoms with Crippen LogP contribution in [0.1, 0.15) is 11.4 Å². The van der Waals surface area contributed by atoms with Crippen molar-refractivity contribution in [1.29, 1.82) is 0 Å². The van der Waals surface area contributed by atoms with Gasteiger partial charge >= 0.3 is 6.18 Å². The van der Waals surface area contributed by atoms with E-state index < -0.39 is 23.2 Å². The Bertz CT molecular complexity index is 603. The molecule has 8 heteroatoms. The lowest BCUT2D eigenvalue weighted by Crippen LogP contribution is -2.12. The quantitative estimate of drug-likeness (QED) is 0.856. The van der Waals surface area contributed by atoms with Gasteiger partial charge in [0.2, 0.25) is 5.95 Å². The third-order valence-corrected chi connectivity index (χ3v) is 2.41. The van der Waals surface area contributed by atoms with Crippen molar-refractivity contribution in [1.82, 2.24) is 14.8 Å². The third kappa shape index (κ3) is 2.67. The van der Waals surface area contributed by atoms with Crippen LogP contribution in [0.15, 0.2) is 18.2 Å². The first-order valence-corrected chi connectivity index (χ1v) is 5.29. The highest BCUT2D eigenvalue weighted by molar-refractivity contribution is 5.60. The number of anilines is 2. The van der Waals surface area contributed by atoms with E-state index in [0.29, 0.717) is 5.82 Å². The van der Waals surface area contributed by atoms with Crippen molar-refractivity contribution in [2.24, 2.45) is 7.05 Å². The lowest BCUT2D eigenvalue weighted by Gasteiger charge is -2.14. The molecule has 0 spiro atoms. The standard InChI is InChI=1S/C11H10F4N4/c1-6-16-10(19(2)18-6)17-8-5-3-4-7(12)9(8)11(13,14)15/h3-5H,1-2H3,(H,16,17,18). The molecular weight excluding hydrogens is 264 g/mol. The number of nitrogens with one attached hydrogen (secondary N) is 1. The summed E-state index contributed by atoms with van der Waals surface area (Å²) in [5, 5.41) is 6.33. The zero-order chi connectivity index (χ0) is 14.2. The zero-order valence-corrected chi connectivity index (χ0v) is 10.1. The van der Waals surface area contributed by atoms with Crippen molar-refractivity contribution < 1.29 is 17.6 Å². The molecule has 1 aromatic heterocycles. The fraction of sp³-hybridized carbons (Fsp3) is 0.273. The molecule has 0 unspecified atom stereocenters. The molecule has 1 N–H and O–H groups in total. The number of aromatic nitrogens is 3. The molecule has 0 atom stereocenters. The van der Waals surface area contributed by atoms with Crippen LogP contribution in [-0.4, -0.2) is 14.8 Å². The van der Waals surface area contributed by atoms with Gasteiger partial charge in [0, 0.05) is 7.05 Å². The fourth-order valence-electron chi connectivity index (χ4n) is 1.66. The summed E-state index contributed by atoms with van der Waals surface area (Å²) in [4.78, 5) is 3.91. The van der Waals surface area contributed by atoms with Gasteiger partial charge in [0.15, 0.2) is 0 Å². The Morgan fingerprint density at radius 3 is 2.47 bits per heavy atom. The maximum atomic E-state index is 13.4. The largest absolute Gasteiger partial charge is 0.421 e. The molecule has 0 aliphatic rings. The van der Waals surface area contributed by atoms with E-state index in [1.807, 2.05) is 0 Å². The van der Waals surface area contributed by atoms with E-state index in [1.54, 1.807) is 6.92 Å². The van der Waals surface area contributed by atoms with Gasteiger partial charge in [-0.3, -0.25) is 0 Å². The molecule has 0 fully saturated rings. The summed E-state index contributed by atoms with van der Waals surface area (Å²) in [7, 11) is 1.52. The summed E-state index contributed by atoms with van der Waals surface area (Å²) in [5.41, 5.74) is -1.75. The average Bonchev–Trinajstić information content (AvgIpc) is 2.55. The van der Waals surface area contributed by atoms with E-state index >= 15 is 0 Å². The molecule has 0 saturated carbocycles. The van der Waals surface area contributed by atoms with Crippen molar-refractivity contribution in [2.75, 3.05) is 5.32 Å². The predicted octanol–water partition coefficient (Wildman–Crippen LogP) is 3.03. The SMILES string of the molecule is Cc1nc(Nc2cccc(F)c2C(F)(F)F)n(C)n1. The van der Waals surface area contributed by atoms with Crippen LogP contribution in [0.3, 0.4) is 0 Å². The number of nitrogens with zero attached hydrogens (tertiary/aromatic N) is 3. The van der Waals surface area contributed by atoms with Gasteiger partial charge < -0.3 is 5.32 Å². The highest BCUT2D eigenvalue weighted by Crippen LogP contribution is 2.37. The molecule has 1 heterocycles. The van der Waals surface area contributed by atoms with Crippen LogP contribution in [-0.2, 0) is 13.2 Å². The number of halogens is 4. The van der Waals surface area contributed by atoms with Gasteiger partial charge in [0.1, 0.15) is 17.2 Å². The summed E-state index contributed by atoms with van der Waals surface area (Å²) in [6.07, 6.45) is -4.79. The molecule has 0 radical (unpaired) electrons. The van der Waals surface area contributed by atoms with Crippen molar-refractivity contribution in [2.45, 2.75) is 13.1 Å². The molecule has 2 rings (SSSR count). The molecule has 19 heavy (non-hydrogen) atoms. The van der Waals surface area contributed by atoms with Crippen LogP contribution in [0.2, 0.25) is 0 Å². The Balaban J connectivity index is 2.46. The highest BCUT2D eigenvalue weighted by atomic mass is 19.4. The first-order chi connectivity index (χ1) is 8.79. The first kappa shape index (κ1) is 13.3. The van der Waals surface area contributed by atoms with Gasteiger partial charge in [0.25, 0.3) is 0 Å². The minimum Gasteiger partial charge on any atom is -0.324 e. The minimum absolute atomic E-state index is 0.105. The molecule has 0 amide bonds. The smallest absolute Gasteiger partial charge is 0.324 e. The van der Waals surface area contributed by atoms with Gasteiger partial charge in [-0.1, -0.05) is 6.07 Å². The predicted molar refractivity (Wildman–Crippen MR) is 60.4 cm³/mol. The normalized spacial score (nSPS) is 11.7. The zero-order valence-electron chi connectivity index (χ0n) is 10.1. The Hall–Kier alpha value is -2.12. The van der Waals surface area contributed by atoms with Crippen molar-refractivity contribution in [3.8, 4) is 0 Å². The summed E-state index contributed by atoms with van der Waals surface area (Å²) in [6.45, 7) is 1.60. The molecule has 0 saturated heterocycles. The topological polar surface area (TPSA) is 42.7 Å². The summed E-state index contributed by atoms with van der Waals surface area (Å²) in [5.74, 6) is -0.833. The van der Waals surface area contributed by atoms with Crippen LogP contribution < -0.4 is 5.32 Å². The monoisotopic (exact) mass is 274 g/mol. The van der Waals surface area contributed by atoms with E-state index in [2.05, 4.69) is 15.4 Å². The molecule has 1 aromatic carbocycles. The number of aryl methyl sites for hydroxylation is 2. The van der Waals surface area contributed by atoms with Crippen LogP contribution >= 0.6 is 0 Å². The maximum Gasteiger partial charge on any atom is 0.421 e. The van der Waals surface area contributed by atoms with E-state index in [1.165, 1.54) is 17.8 Å². The first-order valence-electron chi connectivity index (χ1n) is 5.29. The molecular formula is C11H10F4N4. The van der Waals surface area contributed by atoms with Gasteiger partial charge in [-0.15, -0.1) is 0 Å². The highest BCUT2D eigenvalue weighted by Gasteiger charge is 2.37. The second-order valence-corrected chi connectivity index (χ2v) is 3.89. The van der Waals surface area contributed by atoms with Crippen LogP contribution in [0, 0.1) is 12.7 Å². The fourth-order valence-corrected chi connectivity index (χ4v) is 1.66. The van der Waals surface area contributed by atoms with Crippen molar-refractivity contribution in [3.05, 3.63) is 35.4 Å². The number of hydrogen-bond donors (Lipinski definition) is 1.